The lowest BCUT2D eigenvalue weighted by molar-refractivity contribution is -0.158. The van der Waals surface area contributed by atoms with E-state index in [0.29, 0.717) is 12.5 Å². The number of hydrogen-bond acceptors (Lipinski definition) is 3. The molecule has 0 aromatic heterocycles. The molecule has 4 rings (SSSR count). The number of fused-ring (bicyclic) bond motifs is 2. The highest BCUT2D eigenvalue weighted by atomic mass is 16.5. The molecule has 2 aromatic carbocycles. The molecule has 1 aliphatic carbocycles. The second-order valence-electron chi connectivity index (χ2n) is 8.73. The Morgan fingerprint density at radius 3 is 2.60 bits per heavy atom. The summed E-state index contributed by atoms with van der Waals surface area (Å²) < 4.78 is 5.64. The molecule has 2 fully saturated rings. The third kappa shape index (κ3) is 4.52. The van der Waals surface area contributed by atoms with Gasteiger partial charge in [-0.1, -0.05) is 73.2 Å². The number of nitrogens with zero attached hydrogens (tertiary/aromatic N) is 1. The molecular formula is C27H33NO2. The van der Waals surface area contributed by atoms with Crippen molar-refractivity contribution in [3.63, 3.8) is 0 Å². The van der Waals surface area contributed by atoms with Crippen LogP contribution in [0.15, 0.2) is 66.2 Å². The van der Waals surface area contributed by atoms with Crippen LogP contribution in [0.1, 0.15) is 43.7 Å². The zero-order chi connectivity index (χ0) is 20.8. The average Bonchev–Trinajstić information content (AvgIpc) is 2.76. The van der Waals surface area contributed by atoms with Gasteiger partial charge in [-0.05, 0) is 61.8 Å². The normalized spacial score (nSPS) is 25.2. The van der Waals surface area contributed by atoms with Crippen LogP contribution in [0.2, 0.25) is 0 Å². The first-order chi connectivity index (χ1) is 14.7. The number of benzene rings is 2. The van der Waals surface area contributed by atoms with E-state index in [2.05, 4.69) is 65.6 Å². The van der Waals surface area contributed by atoms with Crippen molar-refractivity contribution in [2.24, 2.45) is 11.3 Å². The fourth-order valence-corrected chi connectivity index (χ4v) is 5.32. The standard InChI is InChI=1S/C27H33NO2/c1-2-30-26(29)27-17-9-16-24(25(27)19-23-13-7-4-8-14-23)20-28(21-27)18-10-15-22-11-5-3-6-12-22/h3-8,11-14,19,24H,2,9-10,15-18,20-21H2,1H3/t24-,27-/m1/s1. The van der Waals surface area contributed by atoms with Crippen molar-refractivity contribution >= 4 is 12.0 Å². The van der Waals surface area contributed by atoms with Gasteiger partial charge in [-0.25, -0.2) is 0 Å². The van der Waals surface area contributed by atoms with Gasteiger partial charge in [0.1, 0.15) is 5.41 Å². The zero-order valence-corrected chi connectivity index (χ0v) is 18.1. The van der Waals surface area contributed by atoms with Crippen molar-refractivity contribution in [1.29, 1.82) is 0 Å². The van der Waals surface area contributed by atoms with Crippen LogP contribution in [-0.2, 0) is 16.0 Å². The number of hydrogen-bond donors (Lipinski definition) is 0. The van der Waals surface area contributed by atoms with E-state index in [0.717, 1.165) is 51.7 Å². The van der Waals surface area contributed by atoms with Gasteiger partial charge in [0.25, 0.3) is 0 Å². The molecule has 1 aliphatic heterocycles. The summed E-state index contributed by atoms with van der Waals surface area (Å²) in [6, 6.07) is 21.1. The lowest BCUT2D eigenvalue weighted by atomic mass is 9.62. The van der Waals surface area contributed by atoms with Crippen LogP contribution in [-0.4, -0.2) is 37.1 Å². The number of ether oxygens (including phenoxy) is 1. The molecule has 1 heterocycles. The van der Waals surface area contributed by atoms with E-state index in [1.54, 1.807) is 0 Å². The number of esters is 1. The van der Waals surface area contributed by atoms with Gasteiger partial charge in [0.15, 0.2) is 0 Å². The van der Waals surface area contributed by atoms with Gasteiger partial charge >= 0.3 is 5.97 Å². The minimum atomic E-state index is -0.486. The molecule has 2 aliphatic rings. The molecule has 1 saturated heterocycles. The van der Waals surface area contributed by atoms with Gasteiger partial charge < -0.3 is 9.64 Å². The number of likely N-dealkylation sites (tertiary alicyclic amines) is 1. The van der Waals surface area contributed by atoms with E-state index in [1.165, 1.54) is 16.7 Å². The second kappa shape index (κ2) is 9.61. The Labute approximate surface area is 180 Å². The maximum atomic E-state index is 13.3. The van der Waals surface area contributed by atoms with Crippen molar-refractivity contribution in [3.05, 3.63) is 77.4 Å². The second-order valence-corrected chi connectivity index (χ2v) is 8.73. The lowest BCUT2D eigenvalue weighted by Gasteiger charge is -2.50. The van der Waals surface area contributed by atoms with Crippen LogP contribution < -0.4 is 0 Å². The minimum Gasteiger partial charge on any atom is -0.465 e. The fraction of sp³-hybridized carbons (Fsp3) is 0.444. The predicted octanol–water partition coefficient (Wildman–Crippen LogP) is 5.37. The fourth-order valence-electron chi connectivity index (χ4n) is 5.32. The Bertz CT molecular complexity index is 861. The van der Waals surface area contributed by atoms with Crippen LogP contribution >= 0.6 is 0 Å². The highest BCUT2D eigenvalue weighted by Crippen LogP contribution is 2.50. The number of rotatable bonds is 7. The van der Waals surface area contributed by atoms with E-state index in [9.17, 15) is 4.79 Å². The first-order valence-corrected chi connectivity index (χ1v) is 11.4. The van der Waals surface area contributed by atoms with E-state index in [1.807, 2.05) is 13.0 Å². The van der Waals surface area contributed by atoms with E-state index >= 15 is 0 Å². The van der Waals surface area contributed by atoms with Gasteiger partial charge in [0.2, 0.25) is 0 Å². The van der Waals surface area contributed by atoms with E-state index in [4.69, 9.17) is 4.74 Å². The number of piperidine rings is 1. The third-order valence-electron chi connectivity index (χ3n) is 6.69. The van der Waals surface area contributed by atoms with Crippen molar-refractivity contribution in [1.82, 2.24) is 4.90 Å². The molecular weight excluding hydrogens is 370 g/mol. The van der Waals surface area contributed by atoms with Crippen molar-refractivity contribution < 1.29 is 9.53 Å². The quantitative estimate of drug-likeness (QED) is 0.582. The first-order valence-electron chi connectivity index (χ1n) is 11.4. The summed E-state index contributed by atoms with van der Waals surface area (Å²) in [5, 5.41) is 0. The minimum absolute atomic E-state index is 0.0235. The average molecular weight is 404 g/mol. The summed E-state index contributed by atoms with van der Waals surface area (Å²) in [7, 11) is 0. The van der Waals surface area contributed by atoms with Crippen molar-refractivity contribution in [2.45, 2.75) is 39.0 Å². The van der Waals surface area contributed by atoms with Gasteiger partial charge in [-0.15, -0.1) is 0 Å². The number of carbonyl (C=O) groups is 1. The molecule has 2 atom stereocenters. The topological polar surface area (TPSA) is 29.5 Å². The first kappa shape index (κ1) is 20.9. The molecule has 0 amide bonds. The van der Waals surface area contributed by atoms with E-state index in [-0.39, 0.29) is 5.97 Å². The van der Waals surface area contributed by atoms with E-state index < -0.39 is 5.41 Å². The smallest absolute Gasteiger partial charge is 0.317 e. The summed E-state index contributed by atoms with van der Waals surface area (Å²) in [4.78, 5) is 15.8. The molecule has 2 aromatic rings. The molecule has 30 heavy (non-hydrogen) atoms. The lowest BCUT2D eigenvalue weighted by Crippen LogP contribution is -2.55. The van der Waals surface area contributed by atoms with Crippen LogP contribution in [0.25, 0.3) is 6.08 Å². The van der Waals surface area contributed by atoms with Crippen LogP contribution in [0, 0.1) is 11.3 Å². The molecule has 2 bridgehead atoms. The molecule has 0 spiro atoms. The summed E-state index contributed by atoms with van der Waals surface area (Å²) in [5.74, 6) is 0.415. The number of carbonyl (C=O) groups excluding carboxylic acids is 1. The molecule has 0 radical (unpaired) electrons. The number of aryl methyl sites for hydroxylation is 1. The zero-order valence-electron chi connectivity index (χ0n) is 18.1. The molecule has 3 nitrogen and oxygen atoms in total. The van der Waals surface area contributed by atoms with Crippen molar-refractivity contribution in [2.75, 3.05) is 26.2 Å². The summed E-state index contributed by atoms with van der Waals surface area (Å²) in [6.07, 6.45) is 7.65. The van der Waals surface area contributed by atoms with Gasteiger partial charge in [0, 0.05) is 13.1 Å². The molecule has 0 unspecified atom stereocenters. The maximum absolute atomic E-state index is 13.3. The Hall–Kier alpha value is -2.39. The molecule has 158 valence electrons. The molecule has 3 heteroatoms. The van der Waals surface area contributed by atoms with Gasteiger partial charge in [0.05, 0.1) is 6.61 Å². The van der Waals surface area contributed by atoms with Gasteiger partial charge in [-0.3, -0.25) is 4.79 Å². The predicted molar refractivity (Wildman–Crippen MR) is 122 cm³/mol. The van der Waals surface area contributed by atoms with Crippen LogP contribution in [0.5, 0.6) is 0 Å². The molecule has 1 saturated carbocycles. The Kier molecular flexibility index (Phi) is 6.69. The summed E-state index contributed by atoms with van der Waals surface area (Å²) in [5.41, 5.74) is 3.39. The Morgan fingerprint density at radius 1 is 1.13 bits per heavy atom. The SMILES string of the molecule is CCOC(=O)[C@]12CCC[C@H](CN(CCCc3ccccc3)C1)C2=Cc1ccccc1. The maximum Gasteiger partial charge on any atom is 0.317 e. The van der Waals surface area contributed by atoms with Crippen molar-refractivity contribution in [3.8, 4) is 0 Å². The highest BCUT2D eigenvalue weighted by molar-refractivity contribution is 5.84. The van der Waals surface area contributed by atoms with Crippen LogP contribution in [0.3, 0.4) is 0 Å². The third-order valence-corrected chi connectivity index (χ3v) is 6.69. The highest BCUT2D eigenvalue weighted by Gasteiger charge is 2.52. The summed E-state index contributed by atoms with van der Waals surface area (Å²) >= 11 is 0. The molecule has 0 N–H and O–H groups in total. The monoisotopic (exact) mass is 403 g/mol. The van der Waals surface area contributed by atoms with Gasteiger partial charge in [-0.2, -0.15) is 0 Å². The van der Waals surface area contributed by atoms with Crippen LogP contribution in [0.4, 0.5) is 0 Å². The Morgan fingerprint density at radius 2 is 1.87 bits per heavy atom. The Balaban J connectivity index is 1.55. The summed E-state index contributed by atoms with van der Waals surface area (Å²) in [6.45, 7) is 5.23. The largest absolute Gasteiger partial charge is 0.465 e.